The van der Waals surface area contributed by atoms with Gasteiger partial charge in [-0.1, -0.05) is 35.5 Å². The smallest absolute Gasteiger partial charge is 0.258 e. The Morgan fingerprint density at radius 1 is 1.23 bits per heavy atom. The maximum absolute atomic E-state index is 12.6. The summed E-state index contributed by atoms with van der Waals surface area (Å²) in [6.45, 7) is 5.59. The molecule has 2 aromatic heterocycles. The Bertz CT molecular complexity index is 825. The van der Waals surface area contributed by atoms with Crippen LogP contribution in [-0.2, 0) is 0 Å². The highest BCUT2D eigenvalue weighted by atomic mass is 16.5. The van der Waals surface area contributed by atoms with Crippen LogP contribution < -0.4 is 5.32 Å². The fraction of sp³-hybridized carbons (Fsp3) is 0.235. The molecule has 0 bridgehead atoms. The number of benzene rings is 1. The molecule has 0 aliphatic heterocycles. The zero-order valence-electron chi connectivity index (χ0n) is 12.8. The summed E-state index contributed by atoms with van der Waals surface area (Å²) in [5.41, 5.74) is 3.39. The van der Waals surface area contributed by atoms with Crippen molar-refractivity contribution in [3.63, 3.8) is 0 Å². The number of nitrogens with one attached hydrogen (secondary N) is 1. The molecule has 0 saturated carbocycles. The van der Waals surface area contributed by atoms with Crippen LogP contribution in [0.15, 0.2) is 40.9 Å². The number of hydrogen-bond acceptors (Lipinski definition) is 4. The van der Waals surface area contributed by atoms with Gasteiger partial charge in [0.15, 0.2) is 0 Å². The standard InChI is InChI=1S/C17H17N3O2/c1-10-9-14(15-12(3)20-22-17(15)18-10)16(21)19-11(2)13-7-5-4-6-8-13/h4-9,11H,1-3H3,(H,19,21)/t11-/m1/s1. The molecular weight excluding hydrogens is 278 g/mol. The first-order valence-corrected chi connectivity index (χ1v) is 7.15. The van der Waals surface area contributed by atoms with Gasteiger partial charge in [0.1, 0.15) is 0 Å². The van der Waals surface area contributed by atoms with Crippen LogP contribution in [0.25, 0.3) is 11.1 Å². The van der Waals surface area contributed by atoms with Crippen molar-refractivity contribution in [2.45, 2.75) is 26.8 Å². The third-order valence-electron chi connectivity index (χ3n) is 3.64. The average Bonchev–Trinajstić information content (AvgIpc) is 2.88. The predicted octanol–water partition coefficient (Wildman–Crippen LogP) is 3.33. The Kier molecular flexibility index (Phi) is 3.63. The second-order valence-corrected chi connectivity index (χ2v) is 5.37. The van der Waals surface area contributed by atoms with Crippen LogP contribution in [0.2, 0.25) is 0 Å². The molecule has 112 valence electrons. The van der Waals surface area contributed by atoms with Crippen LogP contribution in [0, 0.1) is 13.8 Å². The van der Waals surface area contributed by atoms with Crippen LogP contribution in [-0.4, -0.2) is 16.0 Å². The molecule has 5 nitrogen and oxygen atoms in total. The zero-order valence-corrected chi connectivity index (χ0v) is 12.8. The van der Waals surface area contributed by atoms with Gasteiger partial charge in [0.2, 0.25) is 0 Å². The van der Waals surface area contributed by atoms with Crippen molar-refractivity contribution < 1.29 is 9.32 Å². The van der Waals surface area contributed by atoms with Gasteiger partial charge >= 0.3 is 0 Å². The quantitative estimate of drug-likeness (QED) is 0.804. The van der Waals surface area contributed by atoms with Gasteiger partial charge in [-0.25, -0.2) is 4.98 Å². The first-order valence-electron chi connectivity index (χ1n) is 7.15. The molecular formula is C17H17N3O2. The van der Waals surface area contributed by atoms with Gasteiger partial charge in [-0.3, -0.25) is 4.79 Å². The molecule has 1 atom stereocenters. The van der Waals surface area contributed by atoms with E-state index in [1.807, 2.05) is 44.2 Å². The van der Waals surface area contributed by atoms with E-state index in [4.69, 9.17) is 4.52 Å². The molecule has 0 aliphatic rings. The van der Waals surface area contributed by atoms with E-state index in [0.29, 0.717) is 22.4 Å². The Morgan fingerprint density at radius 2 is 1.95 bits per heavy atom. The molecule has 0 fully saturated rings. The van der Waals surface area contributed by atoms with Crippen LogP contribution >= 0.6 is 0 Å². The summed E-state index contributed by atoms with van der Waals surface area (Å²) in [5, 5.41) is 7.58. The summed E-state index contributed by atoms with van der Waals surface area (Å²) in [6, 6.07) is 11.5. The highest BCUT2D eigenvalue weighted by molar-refractivity contribution is 6.06. The van der Waals surface area contributed by atoms with Crippen molar-refractivity contribution in [3.8, 4) is 0 Å². The average molecular weight is 295 g/mol. The molecule has 0 spiro atoms. The number of rotatable bonds is 3. The fourth-order valence-electron chi connectivity index (χ4n) is 2.50. The van der Waals surface area contributed by atoms with Crippen molar-refractivity contribution >= 4 is 17.0 Å². The lowest BCUT2D eigenvalue weighted by Gasteiger charge is -2.14. The van der Waals surface area contributed by atoms with E-state index in [0.717, 1.165) is 11.3 Å². The molecule has 2 heterocycles. The third-order valence-corrected chi connectivity index (χ3v) is 3.64. The van der Waals surface area contributed by atoms with Gasteiger partial charge in [-0.2, -0.15) is 0 Å². The van der Waals surface area contributed by atoms with Gasteiger partial charge in [0, 0.05) is 5.69 Å². The molecule has 0 unspecified atom stereocenters. The number of carbonyl (C=O) groups is 1. The third kappa shape index (κ3) is 2.57. The minimum absolute atomic E-state index is 0.0858. The number of pyridine rings is 1. The maximum atomic E-state index is 12.6. The topological polar surface area (TPSA) is 68.0 Å². The Labute approximate surface area is 128 Å². The van der Waals surface area contributed by atoms with E-state index >= 15 is 0 Å². The van der Waals surface area contributed by atoms with Crippen molar-refractivity contribution in [2.75, 3.05) is 0 Å². The second kappa shape index (κ2) is 5.60. The van der Waals surface area contributed by atoms with E-state index in [1.165, 1.54) is 0 Å². The molecule has 3 aromatic rings. The van der Waals surface area contributed by atoms with Crippen LogP contribution in [0.4, 0.5) is 0 Å². The monoisotopic (exact) mass is 295 g/mol. The summed E-state index contributed by atoms with van der Waals surface area (Å²) in [4.78, 5) is 16.9. The van der Waals surface area contributed by atoms with Crippen molar-refractivity contribution in [2.24, 2.45) is 0 Å². The zero-order chi connectivity index (χ0) is 15.7. The first kappa shape index (κ1) is 14.3. The Hall–Kier alpha value is -2.69. The number of nitrogens with zero attached hydrogens (tertiary/aromatic N) is 2. The molecule has 1 N–H and O–H groups in total. The second-order valence-electron chi connectivity index (χ2n) is 5.37. The van der Waals surface area contributed by atoms with Crippen LogP contribution in [0.1, 0.15) is 40.3 Å². The highest BCUT2D eigenvalue weighted by Gasteiger charge is 2.19. The summed E-state index contributed by atoms with van der Waals surface area (Å²) >= 11 is 0. The van der Waals surface area contributed by atoms with E-state index < -0.39 is 0 Å². The van der Waals surface area contributed by atoms with Gasteiger partial charge in [-0.05, 0) is 32.4 Å². The molecule has 0 radical (unpaired) electrons. The number of fused-ring (bicyclic) bond motifs is 1. The first-order chi connectivity index (χ1) is 10.6. The van der Waals surface area contributed by atoms with Gasteiger partial charge < -0.3 is 9.84 Å². The van der Waals surface area contributed by atoms with Crippen molar-refractivity contribution in [1.82, 2.24) is 15.5 Å². The molecule has 5 heteroatoms. The van der Waals surface area contributed by atoms with E-state index in [-0.39, 0.29) is 11.9 Å². The van der Waals surface area contributed by atoms with Gasteiger partial charge in [-0.15, -0.1) is 0 Å². The minimum atomic E-state index is -0.154. The normalized spacial score (nSPS) is 12.3. The molecule has 1 aromatic carbocycles. The lowest BCUT2D eigenvalue weighted by atomic mass is 10.1. The maximum Gasteiger partial charge on any atom is 0.258 e. The summed E-state index contributed by atoms with van der Waals surface area (Å²) in [5.74, 6) is -0.154. The molecule has 0 saturated heterocycles. The summed E-state index contributed by atoms with van der Waals surface area (Å²) in [7, 11) is 0. The fourth-order valence-corrected chi connectivity index (χ4v) is 2.50. The number of carbonyl (C=O) groups excluding carboxylic acids is 1. The summed E-state index contributed by atoms with van der Waals surface area (Å²) in [6.07, 6.45) is 0. The SMILES string of the molecule is Cc1cc(C(=O)N[C@H](C)c2ccccc2)c2c(C)noc2n1. The Balaban J connectivity index is 1.94. The molecule has 0 aliphatic carbocycles. The van der Waals surface area contributed by atoms with Crippen LogP contribution in [0.5, 0.6) is 0 Å². The minimum Gasteiger partial charge on any atom is -0.345 e. The molecule has 3 rings (SSSR count). The largest absolute Gasteiger partial charge is 0.345 e. The number of aryl methyl sites for hydroxylation is 2. The Morgan fingerprint density at radius 3 is 2.68 bits per heavy atom. The molecule has 22 heavy (non-hydrogen) atoms. The predicted molar refractivity (Wildman–Crippen MR) is 83.6 cm³/mol. The van der Waals surface area contributed by atoms with Crippen LogP contribution in [0.3, 0.4) is 0 Å². The van der Waals surface area contributed by atoms with E-state index in [9.17, 15) is 4.79 Å². The number of amides is 1. The van der Waals surface area contributed by atoms with Crippen molar-refractivity contribution in [3.05, 3.63) is 58.9 Å². The number of hydrogen-bond donors (Lipinski definition) is 1. The van der Waals surface area contributed by atoms with E-state index in [2.05, 4.69) is 15.5 Å². The number of aromatic nitrogens is 2. The summed E-state index contributed by atoms with van der Waals surface area (Å²) < 4.78 is 5.17. The van der Waals surface area contributed by atoms with Gasteiger partial charge in [0.25, 0.3) is 11.6 Å². The lowest BCUT2D eigenvalue weighted by Crippen LogP contribution is -2.27. The van der Waals surface area contributed by atoms with Crippen molar-refractivity contribution in [1.29, 1.82) is 0 Å². The van der Waals surface area contributed by atoms with E-state index in [1.54, 1.807) is 13.0 Å². The molecule has 1 amide bonds. The lowest BCUT2D eigenvalue weighted by molar-refractivity contribution is 0.0941. The highest BCUT2D eigenvalue weighted by Crippen LogP contribution is 2.22. The van der Waals surface area contributed by atoms with Gasteiger partial charge in [0.05, 0.1) is 22.7 Å².